The molecule has 1 unspecified atom stereocenters. The fourth-order valence-electron chi connectivity index (χ4n) is 2.31. The molecule has 0 fully saturated rings. The highest BCUT2D eigenvalue weighted by atomic mass is 35.5. The number of benzene rings is 1. The van der Waals surface area contributed by atoms with E-state index in [2.05, 4.69) is 14.7 Å². The fourth-order valence-corrected chi connectivity index (χ4v) is 2.47. The number of pyridine rings is 2. The monoisotopic (exact) mass is 328 g/mol. The summed E-state index contributed by atoms with van der Waals surface area (Å²) < 4.78 is 4.68. The van der Waals surface area contributed by atoms with Crippen molar-refractivity contribution in [3.63, 3.8) is 0 Å². The zero-order chi connectivity index (χ0) is 16.4. The summed E-state index contributed by atoms with van der Waals surface area (Å²) in [6, 6.07) is 10.2. The number of carbonyl (C=O) groups is 1. The number of carbonyl (C=O) groups excluding carboxylic acids is 1. The number of fused-ring (bicyclic) bond motifs is 1. The molecule has 0 amide bonds. The Hall–Kier alpha value is -2.50. The maximum atomic E-state index is 11.6. The normalized spacial score (nSPS) is 12.1. The van der Waals surface area contributed by atoms with Crippen LogP contribution in [-0.2, 0) is 4.74 Å². The lowest BCUT2D eigenvalue weighted by Gasteiger charge is -2.12. The molecular formula is C17H13ClN2O3. The molecule has 116 valence electrons. The maximum Gasteiger partial charge on any atom is 0.337 e. The average Bonchev–Trinajstić information content (AvgIpc) is 2.59. The molecule has 1 N–H and O–H groups in total. The Balaban J connectivity index is 1.99. The second-order valence-electron chi connectivity index (χ2n) is 4.97. The summed E-state index contributed by atoms with van der Waals surface area (Å²) in [6.45, 7) is 0. The summed E-state index contributed by atoms with van der Waals surface area (Å²) in [6.07, 6.45) is 2.06. The van der Waals surface area contributed by atoms with Crippen molar-refractivity contribution in [1.82, 2.24) is 9.97 Å². The van der Waals surface area contributed by atoms with Crippen LogP contribution in [0.4, 0.5) is 0 Å². The van der Waals surface area contributed by atoms with E-state index in [4.69, 9.17) is 11.6 Å². The van der Waals surface area contributed by atoms with E-state index in [0.29, 0.717) is 21.8 Å². The van der Waals surface area contributed by atoms with Crippen LogP contribution in [0.1, 0.15) is 27.7 Å². The molecule has 2 aromatic heterocycles. The molecule has 0 aliphatic rings. The lowest BCUT2D eigenvalue weighted by molar-refractivity contribution is 0.0600. The van der Waals surface area contributed by atoms with Gasteiger partial charge >= 0.3 is 5.97 Å². The molecule has 0 spiro atoms. The Morgan fingerprint density at radius 3 is 2.83 bits per heavy atom. The molecule has 0 saturated heterocycles. The quantitative estimate of drug-likeness (QED) is 0.748. The van der Waals surface area contributed by atoms with Gasteiger partial charge in [-0.3, -0.25) is 9.97 Å². The van der Waals surface area contributed by atoms with Crippen molar-refractivity contribution >= 4 is 28.5 Å². The molecule has 2 heterocycles. The van der Waals surface area contributed by atoms with E-state index in [-0.39, 0.29) is 0 Å². The fraction of sp³-hybridized carbons (Fsp3) is 0.118. The summed E-state index contributed by atoms with van der Waals surface area (Å²) >= 11 is 5.95. The third-order valence-corrected chi connectivity index (χ3v) is 3.68. The first-order chi connectivity index (χ1) is 11.1. The number of methoxy groups -OCH3 is 1. The molecule has 0 saturated carbocycles. The zero-order valence-electron chi connectivity index (χ0n) is 12.2. The molecule has 6 heteroatoms. The summed E-state index contributed by atoms with van der Waals surface area (Å²) in [4.78, 5) is 19.9. The number of rotatable bonds is 3. The molecule has 23 heavy (non-hydrogen) atoms. The Morgan fingerprint density at radius 2 is 2.04 bits per heavy atom. The van der Waals surface area contributed by atoms with Crippen molar-refractivity contribution in [1.29, 1.82) is 0 Å². The molecule has 1 atom stereocenters. The number of nitrogens with zero attached hydrogens (tertiary/aromatic N) is 2. The first-order valence-corrected chi connectivity index (χ1v) is 7.24. The van der Waals surface area contributed by atoms with Gasteiger partial charge in [0.1, 0.15) is 6.10 Å². The van der Waals surface area contributed by atoms with Gasteiger partial charge in [0.2, 0.25) is 0 Å². The highest BCUT2D eigenvalue weighted by molar-refractivity contribution is 6.31. The van der Waals surface area contributed by atoms with Crippen LogP contribution in [0.3, 0.4) is 0 Å². The van der Waals surface area contributed by atoms with Crippen LogP contribution in [0.5, 0.6) is 0 Å². The molecule has 5 nitrogen and oxygen atoms in total. The number of hydrogen-bond acceptors (Lipinski definition) is 5. The minimum absolute atomic E-state index is 0.335. The summed E-state index contributed by atoms with van der Waals surface area (Å²) in [5, 5.41) is 11.9. The topological polar surface area (TPSA) is 72.3 Å². The second kappa shape index (κ2) is 6.32. The molecular weight excluding hydrogens is 316 g/mol. The molecule has 1 aromatic carbocycles. The zero-order valence-corrected chi connectivity index (χ0v) is 13.0. The van der Waals surface area contributed by atoms with Crippen LogP contribution in [0, 0.1) is 0 Å². The second-order valence-corrected chi connectivity index (χ2v) is 5.41. The van der Waals surface area contributed by atoms with Crippen LogP contribution < -0.4 is 0 Å². The highest BCUT2D eigenvalue weighted by Gasteiger charge is 2.15. The number of esters is 1. The minimum Gasteiger partial charge on any atom is -0.465 e. The third-order valence-electron chi connectivity index (χ3n) is 3.47. The Bertz CT molecular complexity index is 883. The van der Waals surface area contributed by atoms with Crippen LogP contribution in [0.25, 0.3) is 10.9 Å². The van der Waals surface area contributed by atoms with E-state index in [1.165, 1.54) is 25.4 Å². The molecule has 0 aliphatic heterocycles. The predicted octanol–water partition coefficient (Wildman–Crippen LogP) is 3.15. The Morgan fingerprint density at radius 1 is 1.22 bits per heavy atom. The summed E-state index contributed by atoms with van der Waals surface area (Å²) in [7, 11) is 1.30. The van der Waals surface area contributed by atoms with Gasteiger partial charge < -0.3 is 9.84 Å². The van der Waals surface area contributed by atoms with Gasteiger partial charge in [-0.2, -0.15) is 0 Å². The molecule has 0 radical (unpaired) electrons. The average molecular weight is 329 g/mol. The molecule has 0 aliphatic carbocycles. The first kappa shape index (κ1) is 15.4. The van der Waals surface area contributed by atoms with Gasteiger partial charge in [-0.15, -0.1) is 0 Å². The van der Waals surface area contributed by atoms with E-state index < -0.39 is 12.1 Å². The van der Waals surface area contributed by atoms with Crippen molar-refractivity contribution in [3.8, 4) is 0 Å². The number of aliphatic hydroxyl groups excluding tert-OH is 1. The van der Waals surface area contributed by atoms with Gasteiger partial charge in [-0.1, -0.05) is 17.7 Å². The van der Waals surface area contributed by atoms with Gasteiger partial charge in [0.05, 0.1) is 28.9 Å². The summed E-state index contributed by atoms with van der Waals surface area (Å²) in [5.41, 5.74) is 2.11. The van der Waals surface area contributed by atoms with Gasteiger partial charge in [0.15, 0.2) is 0 Å². The standard InChI is InChI=1S/C17H13ClN2O3/c1-23-17(22)11-4-5-19-15(8-11)16(21)10-2-3-14-12(6-10)7-13(18)9-20-14/h2-9,16,21H,1H3. The lowest BCUT2D eigenvalue weighted by Crippen LogP contribution is -2.07. The smallest absolute Gasteiger partial charge is 0.337 e. The van der Waals surface area contributed by atoms with Crippen LogP contribution in [0.2, 0.25) is 5.02 Å². The van der Waals surface area contributed by atoms with Crippen LogP contribution in [-0.4, -0.2) is 28.2 Å². The van der Waals surface area contributed by atoms with Crippen LogP contribution in [0.15, 0.2) is 48.8 Å². The van der Waals surface area contributed by atoms with E-state index in [1.807, 2.05) is 0 Å². The summed E-state index contributed by atoms with van der Waals surface area (Å²) in [5.74, 6) is -0.477. The van der Waals surface area contributed by atoms with Crippen molar-refractivity contribution in [2.75, 3.05) is 7.11 Å². The Kier molecular flexibility index (Phi) is 4.23. The highest BCUT2D eigenvalue weighted by Crippen LogP contribution is 2.25. The van der Waals surface area contributed by atoms with E-state index in [1.54, 1.807) is 30.5 Å². The SMILES string of the molecule is COC(=O)c1ccnc(C(O)c2ccc3ncc(Cl)cc3c2)c1. The number of ether oxygens (including phenoxy) is 1. The van der Waals surface area contributed by atoms with Crippen LogP contribution >= 0.6 is 11.6 Å². The molecule has 3 aromatic rings. The van der Waals surface area contributed by atoms with Crippen molar-refractivity contribution in [2.24, 2.45) is 0 Å². The number of halogens is 1. The van der Waals surface area contributed by atoms with Gasteiger partial charge in [0.25, 0.3) is 0 Å². The predicted molar refractivity (Wildman–Crippen MR) is 86.4 cm³/mol. The van der Waals surface area contributed by atoms with Gasteiger partial charge in [0, 0.05) is 17.8 Å². The van der Waals surface area contributed by atoms with E-state index >= 15 is 0 Å². The van der Waals surface area contributed by atoms with E-state index in [9.17, 15) is 9.90 Å². The first-order valence-electron chi connectivity index (χ1n) is 6.86. The van der Waals surface area contributed by atoms with Crippen molar-refractivity contribution in [2.45, 2.75) is 6.10 Å². The molecule has 3 rings (SSSR count). The van der Waals surface area contributed by atoms with E-state index in [0.717, 1.165) is 10.9 Å². The third kappa shape index (κ3) is 3.16. The van der Waals surface area contributed by atoms with Crippen molar-refractivity contribution < 1.29 is 14.6 Å². The minimum atomic E-state index is -0.969. The van der Waals surface area contributed by atoms with Crippen molar-refractivity contribution in [3.05, 3.63) is 70.6 Å². The largest absolute Gasteiger partial charge is 0.465 e. The maximum absolute atomic E-state index is 11.6. The number of hydrogen-bond donors (Lipinski definition) is 1. The Labute approximate surface area is 137 Å². The molecule has 0 bridgehead atoms. The number of aliphatic hydroxyl groups is 1. The number of aromatic nitrogens is 2. The van der Waals surface area contributed by atoms with Gasteiger partial charge in [-0.25, -0.2) is 4.79 Å². The lowest BCUT2D eigenvalue weighted by atomic mass is 10.0. The van der Waals surface area contributed by atoms with Gasteiger partial charge in [-0.05, 0) is 35.9 Å².